The van der Waals surface area contributed by atoms with Gasteiger partial charge in [0, 0.05) is 19.1 Å². The van der Waals surface area contributed by atoms with E-state index in [-0.39, 0.29) is 24.9 Å². The van der Waals surface area contributed by atoms with Gasteiger partial charge in [0.1, 0.15) is 5.75 Å². The van der Waals surface area contributed by atoms with Crippen LogP contribution in [0, 0.1) is 0 Å². The summed E-state index contributed by atoms with van der Waals surface area (Å²) in [7, 11) is 0. The summed E-state index contributed by atoms with van der Waals surface area (Å²) in [6, 6.07) is 10.0. The first-order chi connectivity index (χ1) is 11.8. The molecule has 2 aliphatic heterocycles. The third-order valence-electron chi connectivity index (χ3n) is 5.28. The maximum absolute atomic E-state index is 12.6. The molecule has 3 rings (SSSR count). The van der Waals surface area contributed by atoms with Gasteiger partial charge < -0.3 is 14.5 Å². The summed E-state index contributed by atoms with van der Waals surface area (Å²) in [4.78, 5) is 17.3. The summed E-state index contributed by atoms with van der Waals surface area (Å²) in [5, 5.41) is 0. The lowest BCUT2D eigenvalue weighted by Gasteiger charge is -2.37. The van der Waals surface area contributed by atoms with E-state index in [1.54, 1.807) is 0 Å². The number of piperidine rings is 2. The van der Waals surface area contributed by atoms with Crippen molar-refractivity contribution in [3.8, 4) is 5.75 Å². The quantitative estimate of drug-likeness (QED) is 0.768. The van der Waals surface area contributed by atoms with Gasteiger partial charge in [0.25, 0.3) is 5.91 Å². The number of nitrogens with zero attached hydrogens (tertiary/aromatic N) is 2. The maximum atomic E-state index is 12.6. The van der Waals surface area contributed by atoms with Crippen molar-refractivity contribution in [2.75, 3.05) is 32.8 Å². The molecule has 1 atom stereocenters. The molecule has 2 fully saturated rings. The summed E-state index contributed by atoms with van der Waals surface area (Å²) >= 11 is 0. The second-order valence-corrected chi connectivity index (χ2v) is 7.03. The van der Waals surface area contributed by atoms with Crippen LogP contribution in [0.15, 0.2) is 30.3 Å². The highest BCUT2D eigenvalue weighted by Gasteiger charge is 2.27. The van der Waals surface area contributed by atoms with E-state index in [4.69, 9.17) is 4.74 Å². The Hall–Kier alpha value is -1.26. The predicted octanol–water partition coefficient (Wildman–Crippen LogP) is 3.74. The highest BCUT2D eigenvalue weighted by atomic mass is 35.5. The molecule has 1 aromatic carbocycles. The minimum absolute atomic E-state index is 0. The van der Waals surface area contributed by atoms with Gasteiger partial charge in [-0.25, -0.2) is 0 Å². The normalized spacial score (nSPS) is 21.4. The zero-order valence-corrected chi connectivity index (χ0v) is 15.9. The molecule has 2 heterocycles. The van der Waals surface area contributed by atoms with Gasteiger partial charge in [-0.3, -0.25) is 4.79 Å². The van der Waals surface area contributed by atoms with Crippen molar-refractivity contribution in [1.82, 2.24) is 9.80 Å². The smallest absolute Gasteiger partial charge is 0.260 e. The molecule has 1 unspecified atom stereocenters. The Kier molecular flexibility index (Phi) is 8.56. The van der Waals surface area contributed by atoms with Crippen LogP contribution in [-0.4, -0.2) is 54.5 Å². The van der Waals surface area contributed by atoms with Crippen LogP contribution < -0.4 is 4.74 Å². The summed E-state index contributed by atoms with van der Waals surface area (Å²) in [5.74, 6) is 0.912. The Morgan fingerprint density at radius 2 is 1.72 bits per heavy atom. The Labute approximate surface area is 157 Å². The van der Waals surface area contributed by atoms with Gasteiger partial charge in [0.2, 0.25) is 0 Å². The van der Waals surface area contributed by atoms with Crippen molar-refractivity contribution in [1.29, 1.82) is 0 Å². The maximum Gasteiger partial charge on any atom is 0.260 e. The SMILES string of the molecule is Cl.O=C(COc1ccccc1)N1CCCCC1CCN1CCCCC1. The van der Waals surface area contributed by atoms with Crippen molar-refractivity contribution < 1.29 is 9.53 Å². The Bertz CT molecular complexity index is 506. The molecule has 25 heavy (non-hydrogen) atoms. The lowest BCUT2D eigenvalue weighted by Crippen LogP contribution is -2.47. The zero-order chi connectivity index (χ0) is 16.6. The molecule has 0 saturated carbocycles. The fraction of sp³-hybridized carbons (Fsp3) is 0.650. The van der Waals surface area contributed by atoms with E-state index in [9.17, 15) is 4.79 Å². The molecule has 0 radical (unpaired) electrons. The van der Waals surface area contributed by atoms with Gasteiger partial charge in [-0.05, 0) is 63.7 Å². The van der Waals surface area contributed by atoms with Crippen LogP contribution in [0.4, 0.5) is 0 Å². The zero-order valence-electron chi connectivity index (χ0n) is 15.1. The number of likely N-dealkylation sites (tertiary alicyclic amines) is 2. The van der Waals surface area contributed by atoms with Gasteiger partial charge in [0.05, 0.1) is 0 Å². The summed E-state index contributed by atoms with van der Waals surface area (Å²) in [5.41, 5.74) is 0. The molecule has 2 saturated heterocycles. The third-order valence-corrected chi connectivity index (χ3v) is 5.28. The highest BCUT2D eigenvalue weighted by Crippen LogP contribution is 2.21. The van der Waals surface area contributed by atoms with Gasteiger partial charge in [-0.2, -0.15) is 0 Å². The fourth-order valence-corrected chi connectivity index (χ4v) is 3.89. The molecule has 2 aliphatic rings. The molecule has 1 amide bonds. The number of hydrogen-bond acceptors (Lipinski definition) is 3. The Balaban J connectivity index is 0.00000225. The second-order valence-electron chi connectivity index (χ2n) is 7.03. The monoisotopic (exact) mass is 366 g/mol. The fourth-order valence-electron chi connectivity index (χ4n) is 3.89. The van der Waals surface area contributed by atoms with Crippen LogP contribution in [0.25, 0.3) is 0 Å². The average Bonchev–Trinajstić information content (AvgIpc) is 2.66. The molecular formula is C20H31ClN2O2. The van der Waals surface area contributed by atoms with Gasteiger partial charge in [-0.15, -0.1) is 12.4 Å². The van der Waals surface area contributed by atoms with E-state index in [0.717, 1.165) is 38.1 Å². The number of rotatable bonds is 6. The molecule has 0 aliphatic carbocycles. The van der Waals surface area contributed by atoms with E-state index in [2.05, 4.69) is 9.80 Å². The van der Waals surface area contributed by atoms with Gasteiger partial charge in [0.15, 0.2) is 6.61 Å². The Morgan fingerprint density at radius 3 is 2.48 bits per heavy atom. The first kappa shape index (κ1) is 20.1. The van der Waals surface area contributed by atoms with E-state index < -0.39 is 0 Å². The number of ether oxygens (including phenoxy) is 1. The first-order valence-electron chi connectivity index (χ1n) is 9.52. The van der Waals surface area contributed by atoms with E-state index in [0.29, 0.717) is 6.04 Å². The topological polar surface area (TPSA) is 32.8 Å². The van der Waals surface area contributed by atoms with Crippen LogP contribution >= 0.6 is 12.4 Å². The van der Waals surface area contributed by atoms with Crippen LogP contribution in [0.2, 0.25) is 0 Å². The predicted molar refractivity (Wildman–Crippen MR) is 103 cm³/mol. The number of amides is 1. The van der Waals surface area contributed by atoms with Crippen molar-refractivity contribution in [3.63, 3.8) is 0 Å². The molecule has 1 aromatic rings. The van der Waals surface area contributed by atoms with Gasteiger partial charge in [-0.1, -0.05) is 24.6 Å². The molecular weight excluding hydrogens is 336 g/mol. The molecule has 0 aromatic heterocycles. The van der Waals surface area contributed by atoms with Crippen LogP contribution in [-0.2, 0) is 4.79 Å². The van der Waals surface area contributed by atoms with Crippen molar-refractivity contribution >= 4 is 18.3 Å². The van der Waals surface area contributed by atoms with Crippen LogP contribution in [0.1, 0.15) is 44.9 Å². The lowest BCUT2D eigenvalue weighted by molar-refractivity contribution is -0.137. The average molecular weight is 367 g/mol. The van der Waals surface area contributed by atoms with Gasteiger partial charge >= 0.3 is 0 Å². The Morgan fingerprint density at radius 1 is 1.00 bits per heavy atom. The first-order valence-corrected chi connectivity index (χ1v) is 9.52. The number of halogens is 1. The summed E-state index contributed by atoms with van der Waals surface area (Å²) < 4.78 is 5.66. The molecule has 4 nitrogen and oxygen atoms in total. The largest absolute Gasteiger partial charge is 0.484 e. The number of para-hydroxylation sites is 1. The van der Waals surface area contributed by atoms with Crippen molar-refractivity contribution in [3.05, 3.63) is 30.3 Å². The van der Waals surface area contributed by atoms with E-state index >= 15 is 0 Å². The summed E-state index contributed by atoms with van der Waals surface area (Å²) in [6.07, 6.45) is 8.66. The van der Waals surface area contributed by atoms with Crippen molar-refractivity contribution in [2.24, 2.45) is 0 Å². The number of hydrogen-bond donors (Lipinski definition) is 0. The second kappa shape index (κ2) is 10.7. The third kappa shape index (κ3) is 6.19. The molecule has 0 bridgehead atoms. The number of carbonyl (C=O) groups is 1. The molecule has 140 valence electrons. The molecule has 0 N–H and O–H groups in total. The van der Waals surface area contributed by atoms with Crippen molar-refractivity contribution in [2.45, 2.75) is 51.0 Å². The van der Waals surface area contributed by atoms with E-state index in [1.807, 2.05) is 30.3 Å². The van der Waals surface area contributed by atoms with Crippen LogP contribution in [0.5, 0.6) is 5.75 Å². The molecule has 5 heteroatoms. The lowest BCUT2D eigenvalue weighted by atomic mass is 9.98. The highest BCUT2D eigenvalue weighted by molar-refractivity contribution is 5.85. The standard InChI is InChI=1S/C20H30N2O2.ClH/c23-20(17-24-19-10-3-1-4-11-19)22-15-8-5-9-18(22)12-16-21-13-6-2-7-14-21;/h1,3-4,10-11,18H,2,5-9,12-17H2;1H. The number of carbonyl (C=O) groups excluding carboxylic acids is 1. The number of benzene rings is 1. The van der Waals surface area contributed by atoms with Crippen LogP contribution in [0.3, 0.4) is 0 Å². The summed E-state index contributed by atoms with van der Waals surface area (Å²) in [6.45, 7) is 4.65. The van der Waals surface area contributed by atoms with E-state index in [1.165, 1.54) is 38.8 Å². The minimum atomic E-state index is 0. The minimum Gasteiger partial charge on any atom is -0.484 e. The molecule has 0 spiro atoms.